The smallest absolute Gasteiger partial charge is 0.317 e. The van der Waals surface area contributed by atoms with Crippen LogP contribution in [0.15, 0.2) is 9.32 Å². The fraction of sp³-hybridized carbons (Fsp3) is 0.750. The molecular weight excluding hydrogens is 170 g/mol. The molecule has 0 saturated carbocycles. The quantitative estimate of drug-likeness (QED) is 0.672. The minimum Gasteiger partial charge on any atom is -0.317 e. The molecule has 0 aromatic carbocycles. The zero-order valence-corrected chi connectivity index (χ0v) is 7.38. The number of hydrogen-bond acceptors (Lipinski definition) is 4. The van der Waals surface area contributed by atoms with E-state index in [2.05, 4.69) is 20.0 Å². The predicted molar refractivity (Wildman–Crippen MR) is 46.4 cm³/mol. The molecule has 0 spiro atoms. The third-order valence-electron chi connectivity index (χ3n) is 2.43. The van der Waals surface area contributed by atoms with Gasteiger partial charge in [-0.2, -0.15) is 0 Å². The Bertz CT molecular complexity index is 311. The van der Waals surface area contributed by atoms with Crippen molar-refractivity contribution in [2.75, 3.05) is 13.1 Å². The number of aromatic amines is 1. The van der Waals surface area contributed by atoms with Gasteiger partial charge in [0.25, 0.3) is 0 Å². The summed E-state index contributed by atoms with van der Waals surface area (Å²) < 4.78 is 4.43. The van der Waals surface area contributed by atoms with E-state index in [-0.39, 0.29) is 0 Å². The second-order valence-electron chi connectivity index (χ2n) is 3.44. The summed E-state index contributed by atoms with van der Waals surface area (Å²) in [5.41, 5.74) is 0. The summed E-state index contributed by atoms with van der Waals surface area (Å²) in [5, 5.41) is 6.94. The molecule has 0 bridgehead atoms. The maximum absolute atomic E-state index is 10.6. The van der Waals surface area contributed by atoms with Crippen LogP contribution < -0.4 is 11.1 Å². The molecule has 0 radical (unpaired) electrons. The van der Waals surface area contributed by atoms with Gasteiger partial charge < -0.3 is 5.32 Å². The lowest BCUT2D eigenvalue weighted by molar-refractivity contribution is 0.349. The van der Waals surface area contributed by atoms with Gasteiger partial charge in [-0.05, 0) is 31.8 Å². The van der Waals surface area contributed by atoms with Crippen LogP contribution >= 0.6 is 0 Å². The summed E-state index contributed by atoms with van der Waals surface area (Å²) in [4.78, 5) is 13.2. The summed E-state index contributed by atoms with van der Waals surface area (Å²) in [6, 6.07) is 0. The topological polar surface area (TPSA) is 70.9 Å². The molecule has 1 aliphatic heterocycles. The van der Waals surface area contributed by atoms with Gasteiger partial charge in [0.2, 0.25) is 0 Å². The molecule has 1 aromatic heterocycles. The molecule has 2 heterocycles. The van der Waals surface area contributed by atoms with Gasteiger partial charge in [0.1, 0.15) is 0 Å². The van der Waals surface area contributed by atoms with Crippen LogP contribution in [0.25, 0.3) is 0 Å². The highest BCUT2D eigenvalue weighted by Gasteiger charge is 2.15. The van der Waals surface area contributed by atoms with E-state index in [0.29, 0.717) is 11.7 Å². The van der Waals surface area contributed by atoms with Crippen molar-refractivity contribution in [3.8, 4) is 0 Å². The Hall–Kier alpha value is -1.10. The molecule has 5 heteroatoms. The monoisotopic (exact) mass is 183 g/mol. The Morgan fingerprint density at radius 3 is 2.85 bits per heavy atom. The first kappa shape index (κ1) is 8.50. The van der Waals surface area contributed by atoms with Crippen molar-refractivity contribution in [1.29, 1.82) is 0 Å². The molecule has 1 saturated heterocycles. The first-order valence-corrected chi connectivity index (χ1v) is 4.60. The van der Waals surface area contributed by atoms with E-state index < -0.39 is 5.76 Å². The molecular formula is C8H13N3O2. The zero-order valence-electron chi connectivity index (χ0n) is 7.38. The van der Waals surface area contributed by atoms with E-state index in [4.69, 9.17) is 0 Å². The van der Waals surface area contributed by atoms with Crippen molar-refractivity contribution >= 4 is 0 Å². The van der Waals surface area contributed by atoms with Gasteiger partial charge in [0.15, 0.2) is 5.82 Å². The molecule has 0 amide bonds. The van der Waals surface area contributed by atoms with Crippen molar-refractivity contribution < 1.29 is 4.52 Å². The number of piperidine rings is 1. The predicted octanol–water partition coefficient (Wildman–Crippen LogP) is -0.0950. The standard InChI is InChI=1S/C8H13N3O2/c12-8-10-7(11-13-8)5-6-1-3-9-4-2-6/h6,9H,1-5H2,(H,10,11,12). The molecule has 2 N–H and O–H groups in total. The van der Waals surface area contributed by atoms with Gasteiger partial charge >= 0.3 is 5.76 Å². The van der Waals surface area contributed by atoms with Crippen LogP contribution in [0.1, 0.15) is 18.7 Å². The van der Waals surface area contributed by atoms with E-state index >= 15 is 0 Å². The zero-order chi connectivity index (χ0) is 9.10. The molecule has 0 unspecified atom stereocenters. The Morgan fingerprint density at radius 2 is 2.23 bits per heavy atom. The summed E-state index contributed by atoms with van der Waals surface area (Å²) in [6.07, 6.45) is 3.12. The largest absolute Gasteiger partial charge is 0.438 e. The fourth-order valence-electron chi connectivity index (χ4n) is 1.71. The van der Waals surface area contributed by atoms with Crippen LogP contribution in [0.3, 0.4) is 0 Å². The molecule has 5 nitrogen and oxygen atoms in total. The van der Waals surface area contributed by atoms with E-state index in [1.165, 1.54) is 0 Å². The van der Waals surface area contributed by atoms with Gasteiger partial charge in [-0.1, -0.05) is 5.16 Å². The first-order valence-electron chi connectivity index (χ1n) is 4.60. The minimum absolute atomic E-state index is 0.455. The van der Waals surface area contributed by atoms with Crippen LogP contribution in [0.2, 0.25) is 0 Å². The van der Waals surface area contributed by atoms with Gasteiger partial charge in [0.05, 0.1) is 0 Å². The van der Waals surface area contributed by atoms with Crippen molar-refractivity contribution in [2.45, 2.75) is 19.3 Å². The van der Waals surface area contributed by atoms with E-state index in [9.17, 15) is 4.79 Å². The highest BCUT2D eigenvalue weighted by atomic mass is 16.5. The Kier molecular flexibility index (Phi) is 2.44. The summed E-state index contributed by atoms with van der Waals surface area (Å²) >= 11 is 0. The number of nitrogens with one attached hydrogen (secondary N) is 2. The van der Waals surface area contributed by atoms with E-state index in [1.54, 1.807) is 0 Å². The second-order valence-corrected chi connectivity index (χ2v) is 3.44. The third kappa shape index (κ3) is 2.18. The maximum Gasteiger partial charge on any atom is 0.438 e. The molecule has 72 valence electrons. The van der Waals surface area contributed by atoms with Gasteiger partial charge in [0, 0.05) is 6.42 Å². The Morgan fingerprint density at radius 1 is 1.46 bits per heavy atom. The Labute approximate surface area is 75.5 Å². The van der Waals surface area contributed by atoms with Crippen molar-refractivity contribution in [1.82, 2.24) is 15.5 Å². The number of rotatable bonds is 2. The first-order chi connectivity index (χ1) is 6.34. The van der Waals surface area contributed by atoms with Crippen molar-refractivity contribution in [3.05, 3.63) is 16.4 Å². The molecule has 1 aromatic rings. The molecule has 2 rings (SSSR count). The van der Waals surface area contributed by atoms with Gasteiger partial charge in [-0.25, -0.2) is 4.79 Å². The highest BCUT2D eigenvalue weighted by molar-refractivity contribution is 4.84. The van der Waals surface area contributed by atoms with Crippen LogP contribution in [0, 0.1) is 5.92 Å². The van der Waals surface area contributed by atoms with Crippen molar-refractivity contribution in [2.24, 2.45) is 5.92 Å². The highest BCUT2D eigenvalue weighted by Crippen LogP contribution is 2.14. The number of hydrogen-bond donors (Lipinski definition) is 2. The molecule has 0 aliphatic carbocycles. The molecule has 1 fully saturated rings. The fourth-order valence-corrected chi connectivity index (χ4v) is 1.71. The average molecular weight is 183 g/mol. The number of nitrogens with zero attached hydrogens (tertiary/aromatic N) is 1. The van der Waals surface area contributed by atoms with Gasteiger partial charge in [-0.15, -0.1) is 0 Å². The number of H-pyrrole nitrogens is 1. The third-order valence-corrected chi connectivity index (χ3v) is 2.43. The van der Waals surface area contributed by atoms with Crippen LogP contribution in [-0.2, 0) is 6.42 Å². The summed E-state index contributed by atoms with van der Waals surface area (Å²) in [5.74, 6) is 0.850. The van der Waals surface area contributed by atoms with E-state index in [1.807, 2.05) is 0 Å². The van der Waals surface area contributed by atoms with Crippen LogP contribution in [0.4, 0.5) is 0 Å². The Balaban J connectivity index is 1.93. The average Bonchev–Trinajstić information content (AvgIpc) is 2.53. The van der Waals surface area contributed by atoms with Crippen LogP contribution in [-0.4, -0.2) is 23.2 Å². The second kappa shape index (κ2) is 3.74. The van der Waals surface area contributed by atoms with Crippen LogP contribution in [0.5, 0.6) is 0 Å². The van der Waals surface area contributed by atoms with Gasteiger partial charge in [-0.3, -0.25) is 9.51 Å². The molecule has 1 aliphatic rings. The lowest BCUT2D eigenvalue weighted by atomic mass is 9.94. The van der Waals surface area contributed by atoms with E-state index in [0.717, 1.165) is 32.4 Å². The number of aromatic nitrogens is 2. The summed E-state index contributed by atoms with van der Waals surface area (Å²) in [7, 11) is 0. The molecule has 13 heavy (non-hydrogen) atoms. The maximum atomic E-state index is 10.6. The summed E-state index contributed by atoms with van der Waals surface area (Å²) in [6.45, 7) is 2.12. The SMILES string of the molecule is O=c1[nH]c(CC2CCNCC2)no1. The van der Waals surface area contributed by atoms with Crippen molar-refractivity contribution in [3.63, 3.8) is 0 Å². The molecule has 0 atom stereocenters. The minimum atomic E-state index is -0.455. The lowest BCUT2D eigenvalue weighted by Gasteiger charge is -2.20. The lowest BCUT2D eigenvalue weighted by Crippen LogP contribution is -2.28. The normalized spacial score (nSPS) is 19.1.